The molecular weight excluding hydrogens is 162 g/mol. The Balaban J connectivity index is 0.000001000. The van der Waals surface area contributed by atoms with Crippen LogP contribution in [0, 0.1) is 5.92 Å². The summed E-state index contributed by atoms with van der Waals surface area (Å²) < 4.78 is 0. The molecule has 0 aromatic heterocycles. The van der Waals surface area contributed by atoms with E-state index in [0.29, 0.717) is 12.0 Å². The lowest BCUT2D eigenvalue weighted by atomic mass is 9.84. The van der Waals surface area contributed by atoms with Crippen LogP contribution in [0.1, 0.15) is 32.6 Å². The van der Waals surface area contributed by atoms with Gasteiger partial charge in [0.25, 0.3) is 0 Å². The molecule has 1 rings (SSSR count). The minimum Gasteiger partial charge on any atom is -0.393 e. The van der Waals surface area contributed by atoms with Crippen molar-refractivity contribution in [1.29, 1.82) is 0 Å². The molecule has 3 heteroatoms. The summed E-state index contributed by atoms with van der Waals surface area (Å²) in [6, 6.07) is 0.398. The molecule has 3 N–H and O–H groups in total. The third-order valence-corrected chi connectivity index (χ3v) is 2.50. The fourth-order valence-electron chi connectivity index (χ4n) is 1.63. The zero-order chi connectivity index (χ0) is 7.56. The molecule has 11 heavy (non-hydrogen) atoms. The van der Waals surface area contributed by atoms with E-state index in [0.717, 1.165) is 25.7 Å². The van der Waals surface area contributed by atoms with Gasteiger partial charge in [-0.05, 0) is 38.5 Å². The minimum absolute atomic E-state index is 0. The van der Waals surface area contributed by atoms with E-state index in [2.05, 4.69) is 0 Å². The molecule has 0 spiro atoms. The fraction of sp³-hybridized carbons (Fsp3) is 1.00. The van der Waals surface area contributed by atoms with Crippen molar-refractivity contribution in [2.75, 3.05) is 0 Å². The highest BCUT2D eigenvalue weighted by Gasteiger charge is 2.21. The van der Waals surface area contributed by atoms with Gasteiger partial charge in [-0.3, -0.25) is 0 Å². The van der Waals surface area contributed by atoms with Crippen molar-refractivity contribution in [1.82, 2.24) is 0 Å². The predicted octanol–water partition coefficient (Wildman–Crippen LogP) is 1.31. The molecule has 1 saturated carbocycles. The second-order valence-electron chi connectivity index (χ2n) is 3.42. The maximum absolute atomic E-state index is 9.22. The Morgan fingerprint density at radius 3 is 2.09 bits per heavy atom. The first-order chi connectivity index (χ1) is 4.70. The van der Waals surface area contributed by atoms with Crippen LogP contribution < -0.4 is 5.73 Å². The van der Waals surface area contributed by atoms with Gasteiger partial charge in [0.2, 0.25) is 0 Å². The summed E-state index contributed by atoms with van der Waals surface area (Å²) in [5.41, 5.74) is 5.72. The minimum atomic E-state index is -0.132. The molecule has 2 nitrogen and oxygen atoms in total. The molecule has 1 atom stereocenters. The molecule has 0 bridgehead atoms. The quantitative estimate of drug-likeness (QED) is 0.638. The molecule has 1 fully saturated rings. The summed E-state index contributed by atoms with van der Waals surface area (Å²) in [5.74, 6) is 0.514. The monoisotopic (exact) mass is 179 g/mol. The lowest BCUT2D eigenvalue weighted by molar-refractivity contribution is 0.0972. The summed E-state index contributed by atoms with van der Waals surface area (Å²) in [5, 5.41) is 9.22. The Morgan fingerprint density at radius 2 is 1.73 bits per heavy atom. The molecule has 0 amide bonds. The topological polar surface area (TPSA) is 46.2 Å². The largest absolute Gasteiger partial charge is 0.393 e. The number of aliphatic hydroxyl groups excluding tert-OH is 1. The van der Waals surface area contributed by atoms with Crippen LogP contribution in [0.15, 0.2) is 0 Å². The number of aliphatic hydroxyl groups is 1. The molecule has 68 valence electrons. The maximum atomic E-state index is 9.22. The van der Waals surface area contributed by atoms with Gasteiger partial charge in [-0.1, -0.05) is 0 Å². The van der Waals surface area contributed by atoms with Crippen molar-refractivity contribution in [3.63, 3.8) is 0 Å². The van der Waals surface area contributed by atoms with Crippen molar-refractivity contribution in [3.05, 3.63) is 0 Å². The predicted molar refractivity (Wildman–Crippen MR) is 48.9 cm³/mol. The van der Waals surface area contributed by atoms with Crippen LogP contribution in [0.25, 0.3) is 0 Å². The Morgan fingerprint density at radius 1 is 1.27 bits per heavy atom. The van der Waals surface area contributed by atoms with Gasteiger partial charge in [0, 0.05) is 6.04 Å². The normalized spacial score (nSPS) is 34.1. The highest BCUT2D eigenvalue weighted by molar-refractivity contribution is 5.85. The van der Waals surface area contributed by atoms with Gasteiger partial charge in [0.05, 0.1) is 6.10 Å². The van der Waals surface area contributed by atoms with E-state index in [-0.39, 0.29) is 18.5 Å². The highest BCUT2D eigenvalue weighted by atomic mass is 35.5. The van der Waals surface area contributed by atoms with E-state index < -0.39 is 0 Å². The van der Waals surface area contributed by atoms with Gasteiger partial charge >= 0.3 is 0 Å². The van der Waals surface area contributed by atoms with Gasteiger partial charge < -0.3 is 10.8 Å². The first-order valence-electron chi connectivity index (χ1n) is 4.14. The van der Waals surface area contributed by atoms with Crippen molar-refractivity contribution < 1.29 is 5.11 Å². The van der Waals surface area contributed by atoms with Crippen molar-refractivity contribution in [2.24, 2.45) is 11.7 Å². The van der Waals surface area contributed by atoms with Gasteiger partial charge in [-0.15, -0.1) is 12.4 Å². The lowest BCUT2D eigenvalue weighted by Gasteiger charge is -2.27. The zero-order valence-electron chi connectivity index (χ0n) is 6.99. The van der Waals surface area contributed by atoms with E-state index in [1.807, 2.05) is 6.92 Å². The van der Waals surface area contributed by atoms with E-state index in [9.17, 15) is 5.11 Å². The Hall–Kier alpha value is 0.210. The van der Waals surface area contributed by atoms with Crippen LogP contribution in [-0.2, 0) is 0 Å². The zero-order valence-corrected chi connectivity index (χ0v) is 7.81. The summed E-state index contributed by atoms with van der Waals surface area (Å²) in [7, 11) is 0. The number of hydrogen-bond donors (Lipinski definition) is 2. The number of hydrogen-bond acceptors (Lipinski definition) is 2. The van der Waals surface area contributed by atoms with Gasteiger partial charge in [-0.2, -0.15) is 0 Å². The van der Waals surface area contributed by atoms with Crippen molar-refractivity contribution in [2.45, 2.75) is 44.8 Å². The van der Waals surface area contributed by atoms with Gasteiger partial charge in [-0.25, -0.2) is 0 Å². The van der Waals surface area contributed by atoms with E-state index in [1.165, 1.54) is 0 Å². The third-order valence-electron chi connectivity index (χ3n) is 2.50. The van der Waals surface area contributed by atoms with Crippen LogP contribution in [-0.4, -0.2) is 17.3 Å². The van der Waals surface area contributed by atoms with E-state index in [1.54, 1.807) is 0 Å². The maximum Gasteiger partial charge on any atom is 0.0540 e. The SMILES string of the molecule is C[C@@H](O)[C@H]1CC[C@H](N)CC1.Cl. The third kappa shape index (κ3) is 3.41. The Labute approximate surface area is 74.6 Å². The van der Waals surface area contributed by atoms with Crippen LogP contribution in [0.2, 0.25) is 0 Å². The number of rotatable bonds is 1. The number of nitrogens with two attached hydrogens (primary N) is 1. The van der Waals surface area contributed by atoms with Gasteiger partial charge in [0.15, 0.2) is 0 Å². The van der Waals surface area contributed by atoms with Crippen molar-refractivity contribution >= 4 is 12.4 Å². The molecule has 1 aliphatic carbocycles. The summed E-state index contributed by atoms with van der Waals surface area (Å²) in [4.78, 5) is 0. The Kier molecular flexibility index (Phi) is 5.06. The second kappa shape index (κ2) is 4.96. The summed E-state index contributed by atoms with van der Waals surface area (Å²) >= 11 is 0. The Bertz CT molecular complexity index is 100. The van der Waals surface area contributed by atoms with Crippen LogP contribution in [0.3, 0.4) is 0 Å². The van der Waals surface area contributed by atoms with Crippen molar-refractivity contribution in [3.8, 4) is 0 Å². The average Bonchev–Trinajstić information content (AvgIpc) is 1.88. The smallest absolute Gasteiger partial charge is 0.0540 e. The van der Waals surface area contributed by atoms with E-state index in [4.69, 9.17) is 5.73 Å². The fourth-order valence-corrected chi connectivity index (χ4v) is 1.63. The lowest BCUT2D eigenvalue weighted by Crippen LogP contribution is -2.30. The first kappa shape index (κ1) is 11.2. The molecule has 0 saturated heterocycles. The molecule has 0 aliphatic heterocycles. The van der Waals surface area contributed by atoms with Gasteiger partial charge in [0.1, 0.15) is 0 Å². The summed E-state index contributed by atoms with van der Waals surface area (Å²) in [6.07, 6.45) is 4.27. The molecule has 0 unspecified atom stereocenters. The van der Waals surface area contributed by atoms with E-state index >= 15 is 0 Å². The standard InChI is InChI=1S/C8H17NO.ClH/c1-6(10)7-2-4-8(9)5-3-7;/h6-8,10H,2-5,9H2,1H3;1H/t6-,7-,8-;/m1./s1. The van der Waals surface area contributed by atoms with Crippen LogP contribution in [0.5, 0.6) is 0 Å². The van der Waals surface area contributed by atoms with Crippen LogP contribution in [0.4, 0.5) is 0 Å². The highest BCUT2D eigenvalue weighted by Crippen LogP contribution is 2.25. The molecule has 0 radical (unpaired) electrons. The second-order valence-corrected chi connectivity index (χ2v) is 3.42. The molecule has 0 aromatic rings. The first-order valence-corrected chi connectivity index (χ1v) is 4.14. The van der Waals surface area contributed by atoms with Crippen LogP contribution >= 0.6 is 12.4 Å². The average molecular weight is 180 g/mol. The number of halogens is 1. The molecular formula is C8H18ClNO. The molecule has 0 aromatic carbocycles. The molecule has 0 heterocycles. The molecule has 1 aliphatic rings. The summed E-state index contributed by atoms with van der Waals surface area (Å²) in [6.45, 7) is 1.88.